The van der Waals surface area contributed by atoms with Crippen molar-refractivity contribution in [3.05, 3.63) is 172 Å². The highest BCUT2D eigenvalue weighted by Crippen LogP contribution is 2.37. The minimum atomic E-state index is -0.305. The first-order valence-electron chi connectivity index (χ1n) is 17.3. The van der Waals surface area contributed by atoms with Crippen LogP contribution in [0.15, 0.2) is 133 Å². The van der Waals surface area contributed by atoms with E-state index in [4.69, 9.17) is 9.47 Å². The minimum absolute atomic E-state index is 0.305. The average Bonchev–Trinajstić information content (AvgIpc) is 3.12. The van der Waals surface area contributed by atoms with Crippen molar-refractivity contribution in [2.45, 2.75) is 53.4 Å². The fraction of sp³-hybridized carbons (Fsp3) is 0.196. The van der Waals surface area contributed by atoms with E-state index in [9.17, 15) is 4.79 Å². The van der Waals surface area contributed by atoms with Crippen LogP contribution >= 0.6 is 0 Å². The molecule has 0 fully saturated rings. The van der Waals surface area contributed by atoms with E-state index in [2.05, 4.69) is 123 Å². The van der Waals surface area contributed by atoms with Crippen LogP contribution in [0, 0.1) is 20.8 Å². The van der Waals surface area contributed by atoms with Crippen LogP contribution in [-0.4, -0.2) is 13.1 Å². The highest BCUT2D eigenvalue weighted by Gasteiger charge is 2.16. The molecule has 0 saturated heterocycles. The number of anilines is 3. The molecule has 0 aliphatic carbocycles. The monoisotopic (exact) mass is 659 g/mol. The fourth-order valence-corrected chi connectivity index (χ4v) is 6.44. The van der Waals surface area contributed by atoms with E-state index in [0.717, 1.165) is 48.5 Å². The number of ether oxygens (including phenoxy) is 2. The van der Waals surface area contributed by atoms with Gasteiger partial charge in [-0.1, -0.05) is 78.4 Å². The molecular weight excluding hydrogens is 615 g/mol. The van der Waals surface area contributed by atoms with Crippen LogP contribution in [0.3, 0.4) is 0 Å². The molecule has 0 atom stereocenters. The molecule has 4 nitrogen and oxygen atoms in total. The summed E-state index contributed by atoms with van der Waals surface area (Å²) in [7, 11) is 1.70. The normalized spacial score (nSPS) is 10.9. The summed E-state index contributed by atoms with van der Waals surface area (Å²) in [5, 5.41) is 0. The Bertz CT molecular complexity index is 2040. The molecule has 6 rings (SSSR count). The van der Waals surface area contributed by atoms with Gasteiger partial charge >= 0.3 is 5.97 Å². The number of benzene rings is 6. The van der Waals surface area contributed by atoms with Gasteiger partial charge in [-0.15, -0.1) is 0 Å². The molecule has 0 heterocycles. The highest BCUT2D eigenvalue weighted by molar-refractivity contribution is 5.79. The van der Waals surface area contributed by atoms with Gasteiger partial charge in [0.25, 0.3) is 0 Å². The van der Waals surface area contributed by atoms with Crippen molar-refractivity contribution < 1.29 is 14.3 Å². The lowest BCUT2D eigenvalue weighted by atomic mass is 9.98. The van der Waals surface area contributed by atoms with Crippen molar-refractivity contribution in [1.29, 1.82) is 0 Å². The third-order valence-corrected chi connectivity index (χ3v) is 9.39. The number of rotatable bonds is 12. The zero-order valence-corrected chi connectivity index (χ0v) is 29.7. The van der Waals surface area contributed by atoms with Gasteiger partial charge < -0.3 is 14.4 Å². The SMILES string of the molecule is COc1ccc(CCc2ccc(N(c3ccc(-c4ccc(C)cc4)cc3)c3ccc(CCc4ccc(OC(C)=O)cc4)c(C)c3)cc2C)cc1. The summed E-state index contributed by atoms with van der Waals surface area (Å²) in [6.07, 6.45) is 3.78. The molecule has 0 N–H and O–H groups in total. The van der Waals surface area contributed by atoms with E-state index in [1.165, 1.54) is 57.0 Å². The first-order valence-corrected chi connectivity index (χ1v) is 17.3. The van der Waals surface area contributed by atoms with Gasteiger partial charge in [0.1, 0.15) is 11.5 Å². The average molecular weight is 660 g/mol. The molecule has 0 saturated carbocycles. The van der Waals surface area contributed by atoms with Crippen molar-refractivity contribution in [2.24, 2.45) is 0 Å². The summed E-state index contributed by atoms with van der Waals surface area (Å²) in [4.78, 5) is 13.6. The topological polar surface area (TPSA) is 38.8 Å². The Kier molecular flexibility index (Phi) is 10.8. The fourth-order valence-electron chi connectivity index (χ4n) is 6.44. The van der Waals surface area contributed by atoms with E-state index < -0.39 is 0 Å². The van der Waals surface area contributed by atoms with Crippen LogP contribution in [0.5, 0.6) is 11.5 Å². The number of esters is 1. The van der Waals surface area contributed by atoms with Crippen LogP contribution in [0.4, 0.5) is 17.1 Å². The quantitative estimate of drug-likeness (QED) is 0.0968. The van der Waals surface area contributed by atoms with Gasteiger partial charge in [0.05, 0.1) is 7.11 Å². The van der Waals surface area contributed by atoms with E-state index in [1.54, 1.807) is 7.11 Å². The second-order valence-electron chi connectivity index (χ2n) is 13.1. The van der Waals surface area contributed by atoms with Gasteiger partial charge in [0, 0.05) is 24.0 Å². The third kappa shape index (κ3) is 8.51. The summed E-state index contributed by atoms with van der Waals surface area (Å²) in [5.74, 6) is 1.16. The molecule has 0 bridgehead atoms. The molecule has 6 aromatic rings. The number of hydrogen-bond donors (Lipinski definition) is 0. The van der Waals surface area contributed by atoms with Gasteiger partial charge in [-0.2, -0.15) is 0 Å². The van der Waals surface area contributed by atoms with Crippen LogP contribution in [0.25, 0.3) is 11.1 Å². The Morgan fingerprint density at radius 2 is 0.960 bits per heavy atom. The Morgan fingerprint density at radius 1 is 0.520 bits per heavy atom. The Labute approximate surface area is 297 Å². The molecule has 0 aromatic heterocycles. The predicted octanol–water partition coefficient (Wildman–Crippen LogP) is 11.3. The second-order valence-corrected chi connectivity index (χ2v) is 13.1. The van der Waals surface area contributed by atoms with Crippen LogP contribution in [0.2, 0.25) is 0 Å². The Hall–Kier alpha value is -5.61. The molecule has 0 spiro atoms. The smallest absolute Gasteiger partial charge is 0.308 e. The lowest BCUT2D eigenvalue weighted by molar-refractivity contribution is -0.131. The van der Waals surface area contributed by atoms with E-state index in [1.807, 2.05) is 36.4 Å². The number of nitrogens with zero attached hydrogens (tertiary/aromatic N) is 1. The number of aryl methyl sites for hydroxylation is 7. The number of methoxy groups -OCH3 is 1. The Morgan fingerprint density at radius 3 is 1.40 bits per heavy atom. The van der Waals surface area contributed by atoms with Crippen LogP contribution in [-0.2, 0) is 30.5 Å². The molecule has 0 aliphatic heterocycles. The van der Waals surface area contributed by atoms with Crippen LogP contribution < -0.4 is 14.4 Å². The maximum Gasteiger partial charge on any atom is 0.308 e. The first kappa shape index (κ1) is 34.3. The molecule has 6 aromatic carbocycles. The molecule has 0 unspecified atom stereocenters. The maximum atomic E-state index is 11.3. The molecule has 50 heavy (non-hydrogen) atoms. The zero-order valence-electron chi connectivity index (χ0n) is 29.7. The second kappa shape index (κ2) is 15.7. The van der Waals surface area contributed by atoms with Crippen molar-refractivity contribution in [2.75, 3.05) is 12.0 Å². The van der Waals surface area contributed by atoms with E-state index >= 15 is 0 Å². The number of carbonyl (C=O) groups excluding carboxylic acids is 1. The summed E-state index contributed by atoms with van der Waals surface area (Å²) < 4.78 is 10.5. The minimum Gasteiger partial charge on any atom is -0.497 e. The predicted molar refractivity (Wildman–Crippen MR) is 206 cm³/mol. The van der Waals surface area contributed by atoms with Crippen molar-refractivity contribution in [3.63, 3.8) is 0 Å². The highest BCUT2D eigenvalue weighted by atomic mass is 16.5. The Balaban J connectivity index is 1.26. The summed E-state index contributed by atoms with van der Waals surface area (Å²) in [6.45, 7) is 7.96. The summed E-state index contributed by atoms with van der Waals surface area (Å²) in [5.41, 5.74) is 14.8. The van der Waals surface area contributed by atoms with Gasteiger partial charge in [0.15, 0.2) is 0 Å². The van der Waals surface area contributed by atoms with Gasteiger partial charge in [-0.25, -0.2) is 0 Å². The first-order chi connectivity index (χ1) is 24.2. The third-order valence-electron chi connectivity index (χ3n) is 9.39. The maximum absolute atomic E-state index is 11.3. The lowest BCUT2D eigenvalue weighted by Crippen LogP contribution is -2.11. The van der Waals surface area contributed by atoms with Crippen molar-refractivity contribution in [3.8, 4) is 22.6 Å². The molecule has 4 heteroatoms. The van der Waals surface area contributed by atoms with E-state index in [0.29, 0.717) is 5.75 Å². The van der Waals surface area contributed by atoms with Gasteiger partial charge in [-0.05, 0) is 152 Å². The summed E-state index contributed by atoms with van der Waals surface area (Å²) >= 11 is 0. The molecule has 252 valence electrons. The van der Waals surface area contributed by atoms with Gasteiger partial charge in [-0.3, -0.25) is 4.79 Å². The molecule has 0 radical (unpaired) electrons. The number of carbonyl (C=O) groups is 1. The van der Waals surface area contributed by atoms with Crippen LogP contribution in [0.1, 0.15) is 45.9 Å². The largest absolute Gasteiger partial charge is 0.497 e. The molecule has 0 amide bonds. The zero-order chi connectivity index (χ0) is 35.0. The van der Waals surface area contributed by atoms with Gasteiger partial charge in [0.2, 0.25) is 0 Å². The van der Waals surface area contributed by atoms with E-state index in [-0.39, 0.29) is 5.97 Å². The molecular formula is C46H45NO3. The van der Waals surface area contributed by atoms with Crippen molar-refractivity contribution in [1.82, 2.24) is 0 Å². The lowest BCUT2D eigenvalue weighted by Gasteiger charge is -2.27. The van der Waals surface area contributed by atoms with Crippen molar-refractivity contribution >= 4 is 23.0 Å². The summed E-state index contributed by atoms with van der Waals surface area (Å²) in [6, 6.07) is 47.4. The number of hydrogen-bond acceptors (Lipinski definition) is 4. The molecule has 0 aliphatic rings. The standard InChI is InChI=1S/C46H45NO3/c1-32-6-14-40(15-7-32)41-20-22-42(23-21-41)47(43-24-18-38(33(2)30-43)16-8-36-10-26-45(49-5)27-11-36)44-25-19-39(34(3)31-44)17-9-37-12-28-46(29-13-37)50-35(4)48/h6-7,10-15,18-31H,8-9,16-17H2,1-5H3.